The lowest BCUT2D eigenvalue weighted by atomic mass is 9.92. The molecule has 0 aromatic heterocycles. The van der Waals surface area contributed by atoms with Crippen LogP contribution in [0.3, 0.4) is 0 Å². The van der Waals surface area contributed by atoms with Crippen molar-refractivity contribution < 1.29 is 5.11 Å². The van der Waals surface area contributed by atoms with Crippen molar-refractivity contribution in [1.82, 2.24) is 5.32 Å². The zero-order valence-electron chi connectivity index (χ0n) is 8.29. The van der Waals surface area contributed by atoms with Crippen molar-refractivity contribution in [3.8, 4) is 12.3 Å². The highest BCUT2D eigenvalue weighted by Gasteiger charge is 2.23. The van der Waals surface area contributed by atoms with Crippen LogP contribution in [0, 0.1) is 12.3 Å². The lowest BCUT2D eigenvalue weighted by Crippen LogP contribution is -2.46. The average molecular weight is 181 g/mol. The Kier molecular flexibility index (Phi) is 4.27. The molecule has 0 bridgehead atoms. The van der Waals surface area contributed by atoms with E-state index in [9.17, 15) is 5.11 Å². The second-order valence-electron chi connectivity index (χ2n) is 3.75. The van der Waals surface area contributed by atoms with E-state index in [1.54, 1.807) is 0 Å². The zero-order chi connectivity index (χ0) is 9.68. The minimum Gasteiger partial charge on any atom is -0.392 e. The van der Waals surface area contributed by atoms with E-state index in [4.69, 9.17) is 6.42 Å². The summed E-state index contributed by atoms with van der Waals surface area (Å²) in [7, 11) is 0. The van der Waals surface area contributed by atoms with E-state index in [0.717, 1.165) is 25.7 Å². The molecule has 0 radical (unpaired) electrons. The Morgan fingerprint density at radius 3 is 2.77 bits per heavy atom. The smallest absolute Gasteiger partial charge is 0.0693 e. The standard InChI is InChI=1S/C11H19NO/c1-3-9(4-2)12-10-7-5-6-8-11(10)13/h1,9-13H,4-8H2,2H3. The molecule has 3 atom stereocenters. The molecule has 0 heterocycles. The molecule has 2 nitrogen and oxygen atoms in total. The fourth-order valence-electron chi connectivity index (χ4n) is 1.85. The number of terminal acetylenes is 1. The van der Waals surface area contributed by atoms with Gasteiger partial charge < -0.3 is 5.11 Å². The number of aliphatic hydroxyl groups is 1. The monoisotopic (exact) mass is 181 g/mol. The quantitative estimate of drug-likeness (QED) is 0.643. The van der Waals surface area contributed by atoms with E-state index < -0.39 is 0 Å². The van der Waals surface area contributed by atoms with E-state index in [-0.39, 0.29) is 18.2 Å². The second-order valence-corrected chi connectivity index (χ2v) is 3.75. The van der Waals surface area contributed by atoms with Gasteiger partial charge in [-0.3, -0.25) is 5.32 Å². The van der Waals surface area contributed by atoms with Gasteiger partial charge in [0.25, 0.3) is 0 Å². The minimum atomic E-state index is -0.198. The molecular weight excluding hydrogens is 162 g/mol. The molecule has 0 aromatic carbocycles. The third-order valence-electron chi connectivity index (χ3n) is 2.75. The van der Waals surface area contributed by atoms with E-state index in [2.05, 4.69) is 18.2 Å². The molecular formula is C11H19NO. The van der Waals surface area contributed by atoms with Gasteiger partial charge in [0.2, 0.25) is 0 Å². The summed E-state index contributed by atoms with van der Waals surface area (Å²) in [5.41, 5.74) is 0. The SMILES string of the molecule is C#CC(CC)NC1CCCCC1O. The lowest BCUT2D eigenvalue weighted by molar-refractivity contribution is 0.0879. The number of hydrogen-bond acceptors (Lipinski definition) is 2. The van der Waals surface area contributed by atoms with Crippen LogP contribution < -0.4 is 5.32 Å². The molecule has 0 aliphatic heterocycles. The fraction of sp³-hybridized carbons (Fsp3) is 0.818. The molecule has 2 N–H and O–H groups in total. The van der Waals surface area contributed by atoms with E-state index in [1.165, 1.54) is 6.42 Å². The summed E-state index contributed by atoms with van der Waals surface area (Å²) in [5.74, 6) is 2.70. The highest BCUT2D eigenvalue weighted by molar-refractivity contribution is 5.00. The molecule has 1 saturated carbocycles. The maximum absolute atomic E-state index is 9.68. The Morgan fingerprint density at radius 1 is 1.54 bits per heavy atom. The molecule has 13 heavy (non-hydrogen) atoms. The summed E-state index contributed by atoms with van der Waals surface area (Å²) in [6.07, 6.45) is 10.4. The minimum absolute atomic E-state index is 0.123. The van der Waals surface area contributed by atoms with E-state index in [0.29, 0.717) is 0 Å². The van der Waals surface area contributed by atoms with Crippen LogP contribution in [0.2, 0.25) is 0 Å². The Morgan fingerprint density at radius 2 is 2.23 bits per heavy atom. The van der Waals surface area contributed by atoms with E-state index in [1.807, 2.05) is 0 Å². The van der Waals surface area contributed by atoms with Gasteiger partial charge in [-0.2, -0.15) is 0 Å². The van der Waals surface area contributed by atoms with Gasteiger partial charge in [-0.05, 0) is 19.3 Å². The maximum Gasteiger partial charge on any atom is 0.0693 e. The summed E-state index contributed by atoms with van der Waals surface area (Å²) < 4.78 is 0. The van der Waals surface area contributed by atoms with Crippen molar-refractivity contribution in [2.24, 2.45) is 0 Å². The molecule has 0 spiro atoms. The van der Waals surface area contributed by atoms with Crippen molar-refractivity contribution in [2.45, 2.75) is 57.2 Å². The van der Waals surface area contributed by atoms with E-state index >= 15 is 0 Å². The van der Waals surface area contributed by atoms with Crippen molar-refractivity contribution in [3.05, 3.63) is 0 Å². The number of rotatable bonds is 3. The van der Waals surface area contributed by atoms with Gasteiger partial charge in [-0.25, -0.2) is 0 Å². The summed E-state index contributed by atoms with van der Waals surface area (Å²) >= 11 is 0. The van der Waals surface area contributed by atoms with Gasteiger partial charge in [-0.1, -0.05) is 25.7 Å². The van der Waals surface area contributed by atoms with Gasteiger partial charge in [-0.15, -0.1) is 6.42 Å². The third kappa shape index (κ3) is 3.02. The van der Waals surface area contributed by atoms with Gasteiger partial charge >= 0.3 is 0 Å². The first-order chi connectivity index (χ1) is 6.27. The highest BCUT2D eigenvalue weighted by Crippen LogP contribution is 2.18. The largest absolute Gasteiger partial charge is 0.392 e. The molecule has 0 amide bonds. The summed E-state index contributed by atoms with van der Waals surface area (Å²) in [6.45, 7) is 2.06. The fourth-order valence-corrected chi connectivity index (χ4v) is 1.85. The molecule has 1 aliphatic carbocycles. The Labute approximate surface area is 80.7 Å². The van der Waals surface area contributed by atoms with Crippen molar-refractivity contribution in [3.63, 3.8) is 0 Å². The van der Waals surface area contributed by atoms with Crippen LogP contribution in [0.1, 0.15) is 39.0 Å². The first-order valence-corrected chi connectivity index (χ1v) is 5.18. The Bertz CT molecular complexity index is 185. The zero-order valence-corrected chi connectivity index (χ0v) is 8.29. The van der Waals surface area contributed by atoms with Crippen LogP contribution in [0.15, 0.2) is 0 Å². The molecule has 0 saturated heterocycles. The predicted octanol–water partition coefficient (Wildman–Crippen LogP) is 1.29. The highest BCUT2D eigenvalue weighted by atomic mass is 16.3. The van der Waals surface area contributed by atoms with Crippen LogP contribution in [-0.4, -0.2) is 23.3 Å². The molecule has 74 valence electrons. The van der Waals surface area contributed by atoms with Gasteiger partial charge in [0.1, 0.15) is 0 Å². The Hall–Kier alpha value is -0.520. The van der Waals surface area contributed by atoms with Crippen LogP contribution >= 0.6 is 0 Å². The first-order valence-electron chi connectivity index (χ1n) is 5.18. The van der Waals surface area contributed by atoms with Crippen molar-refractivity contribution >= 4 is 0 Å². The molecule has 1 aliphatic rings. The average Bonchev–Trinajstić information content (AvgIpc) is 2.17. The topological polar surface area (TPSA) is 32.3 Å². The molecule has 2 heteroatoms. The normalized spacial score (nSPS) is 30.8. The lowest BCUT2D eigenvalue weighted by Gasteiger charge is -2.30. The van der Waals surface area contributed by atoms with Crippen molar-refractivity contribution in [2.75, 3.05) is 0 Å². The molecule has 0 aromatic rings. The van der Waals surface area contributed by atoms with Gasteiger partial charge in [0.15, 0.2) is 0 Å². The summed E-state index contributed by atoms with van der Waals surface area (Å²) in [4.78, 5) is 0. The van der Waals surface area contributed by atoms with Gasteiger partial charge in [0.05, 0.1) is 12.1 Å². The predicted molar refractivity (Wildman–Crippen MR) is 54.3 cm³/mol. The van der Waals surface area contributed by atoms with Crippen LogP contribution in [0.4, 0.5) is 0 Å². The Balaban J connectivity index is 2.37. The second kappa shape index (κ2) is 5.26. The van der Waals surface area contributed by atoms with Gasteiger partial charge in [0, 0.05) is 6.04 Å². The summed E-state index contributed by atoms with van der Waals surface area (Å²) in [5, 5.41) is 13.0. The van der Waals surface area contributed by atoms with Crippen LogP contribution in [-0.2, 0) is 0 Å². The van der Waals surface area contributed by atoms with Crippen LogP contribution in [0.5, 0.6) is 0 Å². The number of aliphatic hydroxyl groups excluding tert-OH is 1. The molecule has 3 unspecified atom stereocenters. The number of nitrogens with one attached hydrogen (secondary N) is 1. The first kappa shape index (κ1) is 10.6. The molecule has 1 rings (SSSR count). The molecule has 1 fully saturated rings. The van der Waals surface area contributed by atoms with Crippen LogP contribution in [0.25, 0.3) is 0 Å². The van der Waals surface area contributed by atoms with Crippen molar-refractivity contribution in [1.29, 1.82) is 0 Å². The third-order valence-corrected chi connectivity index (χ3v) is 2.75. The number of hydrogen-bond donors (Lipinski definition) is 2. The summed E-state index contributed by atoms with van der Waals surface area (Å²) in [6, 6.07) is 0.340. The maximum atomic E-state index is 9.68.